The highest BCUT2D eigenvalue weighted by Crippen LogP contribution is 2.29. The molecule has 2 saturated heterocycles. The van der Waals surface area contributed by atoms with Gasteiger partial charge in [-0.3, -0.25) is 0 Å². The summed E-state index contributed by atoms with van der Waals surface area (Å²) in [5, 5.41) is 3.59. The minimum atomic E-state index is 0.400. The van der Waals surface area contributed by atoms with Gasteiger partial charge in [-0.05, 0) is 25.3 Å². The van der Waals surface area contributed by atoms with Crippen molar-refractivity contribution in [2.75, 3.05) is 26.4 Å². The van der Waals surface area contributed by atoms with E-state index in [4.69, 9.17) is 9.47 Å². The maximum atomic E-state index is 5.87. The molecule has 0 aromatic carbocycles. The lowest BCUT2D eigenvalue weighted by atomic mass is 9.88. The lowest BCUT2D eigenvalue weighted by Crippen LogP contribution is -2.47. The number of nitrogens with one attached hydrogen (secondary N) is 1. The Morgan fingerprint density at radius 3 is 2.73 bits per heavy atom. The lowest BCUT2D eigenvalue weighted by Gasteiger charge is -2.31. The van der Waals surface area contributed by atoms with Crippen molar-refractivity contribution in [2.45, 2.75) is 38.8 Å². The van der Waals surface area contributed by atoms with Gasteiger partial charge in [-0.1, -0.05) is 13.8 Å². The quantitative estimate of drug-likeness (QED) is 0.766. The molecule has 0 bridgehead atoms. The molecule has 3 nitrogen and oxygen atoms in total. The van der Waals surface area contributed by atoms with Crippen LogP contribution >= 0.6 is 0 Å². The third-order valence-corrected chi connectivity index (χ3v) is 3.71. The number of ether oxygens (including phenoxy) is 2. The summed E-state index contributed by atoms with van der Waals surface area (Å²) in [6, 6.07) is 0.495. The van der Waals surface area contributed by atoms with Crippen molar-refractivity contribution in [2.24, 2.45) is 11.8 Å². The highest BCUT2D eigenvalue weighted by atomic mass is 16.5. The number of likely N-dealkylation sites (N-methyl/N-ethyl adjacent to an activating group) is 1. The molecule has 0 saturated carbocycles. The van der Waals surface area contributed by atoms with Gasteiger partial charge in [0.25, 0.3) is 0 Å². The van der Waals surface area contributed by atoms with Crippen LogP contribution < -0.4 is 5.32 Å². The Labute approximate surface area is 92.5 Å². The SMILES string of the molecule is CCNC(C1CCOC1)C1OCCC1C. The van der Waals surface area contributed by atoms with Gasteiger partial charge in [0.15, 0.2) is 0 Å². The normalized spacial score (nSPS) is 38.4. The Morgan fingerprint density at radius 1 is 1.33 bits per heavy atom. The van der Waals surface area contributed by atoms with Gasteiger partial charge in [-0.15, -0.1) is 0 Å². The van der Waals surface area contributed by atoms with Crippen LogP contribution in [0, 0.1) is 11.8 Å². The zero-order chi connectivity index (χ0) is 10.7. The van der Waals surface area contributed by atoms with E-state index in [1.54, 1.807) is 0 Å². The van der Waals surface area contributed by atoms with Gasteiger partial charge in [0.1, 0.15) is 0 Å². The average Bonchev–Trinajstić information content (AvgIpc) is 2.85. The van der Waals surface area contributed by atoms with E-state index in [0.29, 0.717) is 24.0 Å². The Hall–Kier alpha value is -0.120. The summed E-state index contributed by atoms with van der Waals surface area (Å²) in [5.74, 6) is 1.34. The first-order valence-electron chi connectivity index (χ1n) is 6.25. The minimum Gasteiger partial charge on any atom is -0.381 e. The fraction of sp³-hybridized carbons (Fsp3) is 1.00. The van der Waals surface area contributed by atoms with Crippen molar-refractivity contribution in [3.05, 3.63) is 0 Å². The molecule has 0 radical (unpaired) electrons. The molecule has 4 unspecified atom stereocenters. The summed E-state index contributed by atoms with van der Waals surface area (Å²) in [7, 11) is 0. The van der Waals surface area contributed by atoms with Gasteiger partial charge in [0.2, 0.25) is 0 Å². The summed E-state index contributed by atoms with van der Waals surface area (Å²) < 4.78 is 11.4. The Balaban J connectivity index is 1.97. The number of rotatable bonds is 4. The molecular weight excluding hydrogens is 190 g/mol. The second-order valence-corrected chi connectivity index (χ2v) is 4.81. The fourth-order valence-corrected chi connectivity index (χ4v) is 2.80. The van der Waals surface area contributed by atoms with E-state index in [-0.39, 0.29) is 0 Å². The monoisotopic (exact) mass is 213 g/mol. The summed E-state index contributed by atoms with van der Waals surface area (Å²) in [5.41, 5.74) is 0. The molecule has 2 aliphatic rings. The van der Waals surface area contributed by atoms with Crippen molar-refractivity contribution >= 4 is 0 Å². The van der Waals surface area contributed by atoms with E-state index >= 15 is 0 Å². The summed E-state index contributed by atoms with van der Waals surface area (Å²) in [4.78, 5) is 0. The Kier molecular flexibility index (Phi) is 4.00. The molecule has 2 aliphatic heterocycles. The summed E-state index contributed by atoms with van der Waals surface area (Å²) in [6.07, 6.45) is 2.79. The van der Waals surface area contributed by atoms with Crippen LogP contribution in [0.1, 0.15) is 26.7 Å². The molecule has 0 amide bonds. The molecule has 2 rings (SSSR count). The smallest absolute Gasteiger partial charge is 0.0757 e. The molecule has 4 atom stereocenters. The average molecular weight is 213 g/mol. The van der Waals surface area contributed by atoms with Gasteiger partial charge in [-0.2, -0.15) is 0 Å². The van der Waals surface area contributed by atoms with E-state index in [9.17, 15) is 0 Å². The highest BCUT2D eigenvalue weighted by Gasteiger charge is 2.37. The van der Waals surface area contributed by atoms with E-state index in [2.05, 4.69) is 19.2 Å². The second kappa shape index (κ2) is 5.28. The number of hydrogen-bond acceptors (Lipinski definition) is 3. The van der Waals surface area contributed by atoms with Crippen LogP contribution in [-0.2, 0) is 9.47 Å². The van der Waals surface area contributed by atoms with Crippen LogP contribution in [0.2, 0.25) is 0 Å². The first kappa shape index (κ1) is 11.4. The topological polar surface area (TPSA) is 30.5 Å². The highest BCUT2D eigenvalue weighted by molar-refractivity contribution is 4.90. The Bertz CT molecular complexity index is 192. The van der Waals surface area contributed by atoms with Crippen LogP contribution in [0.25, 0.3) is 0 Å². The van der Waals surface area contributed by atoms with Crippen molar-refractivity contribution in [1.82, 2.24) is 5.32 Å². The van der Waals surface area contributed by atoms with Crippen molar-refractivity contribution < 1.29 is 9.47 Å². The van der Waals surface area contributed by atoms with Crippen LogP contribution in [0.3, 0.4) is 0 Å². The molecule has 88 valence electrons. The lowest BCUT2D eigenvalue weighted by molar-refractivity contribution is 0.0382. The standard InChI is InChI=1S/C12H23NO2/c1-3-13-11(10-5-6-14-8-10)12-9(2)4-7-15-12/h9-13H,3-8H2,1-2H3. The minimum absolute atomic E-state index is 0.400. The van der Waals surface area contributed by atoms with Gasteiger partial charge in [-0.25, -0.2) is 0 Å². The van der Waals surface area contributed by atoms with Crippen LogP contribution in [0.15, 0.2) is 0 Å². The molecule has 2 fully saturated rings. The summed E-state index contributed by atoms with van der Waals surface area (Å²) >= 11 is 0. The fourth-order valence-electron chi connectivity index (χ4n) is 2.80. The molecule has 2 heterocycles. The first-order valence-corrected chi connectivity index (χ1v) is 6.25. The van der Waals surface area contributed by atoms with Gasteiger partial charge >= 0.3 is 0 Å². The van der Waals surface area contributed by atoms with Gasteiger partial charge in [0, 0.05) is 25.2 Å². The molecule has 3 heteroatoms. The maximum Gasteiger partial charge on any atom is 0.0757 e. The zero-order valence-corrected chi connectivity index (χ0v) is 9.87. The summed E-state index contributed by atoms with van der Waals surface area (Å²) in [6.45, 7) is 8.26. The molecule has 0 aromatic rings. The molecule has 0 aromatic heterocycles. The van der Waals surface area contributed by atoms with Crippen LogP contribution in [0.4, 0.5) is 0 Å². The van der Waals surface area contributed by atoms with Crippen molar-refractivity contribution in [3.63, 3.8) is 0 Å². The molecule has 0 aliphatic carbocycles. The Morgan fingerprint density at radius 2 is 2.20 bits per heavy atom. The molecule has 0 spiro atoms. The molecular formula is C12H23NO2. The first-order chi connectivity index (χ1) is 7.33. The second-order valence-electron chi connectivity index (χ2n) is 4.81. The molecule has 1 N–H and O–H groups in total. The van der Waals surface area contributed by atoms with E-state index in [0.717, 1.165) is 26.4 Å². The maximum absolute atomic E-state index is 5.87. The van der Waals surface area contributed by atoms with Crippen LogP contribution in [0.5, 0.6) is 0 Å². The van der Waals surface area contributed by atoms with Crippen molar-refractivity contribution in [1.29, 1.82) is 0 Å². The molecule has 15 heavy (non-hydrogen) atoms. The van der Waals surface area contributed by atoms with Crippen molar-refractivity contribution in [3.8, 4) is 0 Å². The van der Waals surface area contributed by atoms with Gasteiger partial charge in [0.05, 0.1) is 12.7 Å². The zero-order valence-electron chi connectivity index (χ0n) is 9.87. The third-order valence-electron chi connectivity index (χ3n) is 3.71. The largest absolute Gasteiger partial charge is 0.381 e. The predicted octanol–water partition coefficient (Wildman–Crippen LogP) is 1.43. The van der Waals surface area contributed by atoms with E-state index < -0.39 is 0 Å². The predicted molar refractivity (Wildman–Crippen MR) is 59.9 cm³/mol. The van der Waals surface area contributed by atoms with Gasteiger partial charge < -0.3 is 14.8 Å². The number of hydrogen-bond donors (Lipinski definition) is 1. The van der Waals surface area contributed by atoms with E-state index in [1.807, 2.05) is 0 Å². The third kappa shape index (κ3) is 2.52. The van der Waals surface area contributed by atoms with E-state index in [1.165, 1.54) is 12.8 Å². The van der Waals surface area contributed by atoms with Crippen LogP contribution in [-0.4, -0.2) is 38.5 Å².